The van der Waals surface area contributed by atoms with Crippen molar-refractivity contribution < 1.29 is 0 Å². The molecule has 0 aliphatic heterocycles. The monoisotopic (exact) mass is 336 g/mol. The van der Waals surface area contributed by atoms with Crippen molar-refractivity contribution >= 4 is 0 Å². The number of rotatable bonds is 4. The molecule has 0 amide bonds. The first-order valence-corrected chi connectivity index (χ1v) is 9.26. The third kappa shape index (κ3) is 2.54. The van der Waals surface area contributed by atoms with E-state index in [9.17, 15) is 0 Å². The molecule has 0 heterocycles. The minimum atomic E-state index is -0.234. The maximum absolute atomic E-state index is 2.39. The van der Waals surface area contributed by atoms with Gasteiger partial charge in [0.15, 0.2) is 0 Å². The van der Waals surface area contributed by atoms with E-state index in [1.807, 2.05) is 0 Å². The Bertz CT molecular complexity index is 834. The van der Waals surface area contributed by atoms with Crippen LogP contribution in [0.25, 0.3) is 0 Å². The quantitative estimate of drug-likeness (QED) is 0.474. The van der Waals surface area contributed by atoms with Crippen LogP contribution in [-0.4, -0.2) is 0 Å². The second kappa shape index (κ2) is 6.80. The van der Waals surface area contributed by atoms with Gasteiger partial charge in [-0.1, -0.05) is 114 Å². The molecule has 4 rings (SSSR count). The van der Waals surface area contributed by atoms with Gasteiger partial charge in [-0.2, -0.15) is 0 Å². The third-order valence-electron chi connectivity index (χ3n) is 5.78. The average molecular weight is 336 g/mol. The van der Waals surface area contributed by atoms with Crippen molar-refractivity contribution in [1.82, 2.24) is 0 Å². The molecule has 0 heteroatoms. The molecule has 0 saturated carbocycles. The lowest BCUT2D eigenvalue weighted by atomic mass is 9.60. The smallest absolute Gasteiger partial charge is 0.0551 e. The number of hydrogen-bond acceptors (Lipinski definition) is 0. The largest absolute Gasteiger partial charge is 0.0755 e. The van der Waals surface area contributed by atoms with Crippen LogP contribution >= 0.6 is 0 Å². The molecule has 3 aromatic rings. The zero-order valence-corrected chi connectivity index (χ0v) is 15.4. The number of hydrogen-bond donors (Lipinski definition) is 0. The van der Waals surface area contributed by atoms with Gasteiger partial charge in [0.1, 0.15) is 0 Å². The van der Waals surface area contributed by atoms with Crippen molar-refractivity contribution in [2.75, 3.05) is 0 Å². The summed E-state index contributed by atoms with van der Waals surface area (Å²) < 4.78 is 0. The molecule has 0 spiro atoms. The van der Waals surface area contributed by atoms with Gasteiger partial charge in [0.25, 0.3) is 0 Å². The predicted molar refractivity (Wildman–Crippen MR) is 110 cm³/mol. The Morgan fingerprint density at radius 3 is 1.27 bits per heavy atom. The predicted octanol–water partition coefficient (Wildman–Crippen LogP) is 6.54. The van der Waals surface area contributed by atoms with E-state index in [0.717, 1.165) is 0 Å². The van der Waals surface area contributed by atoms with Gasteiger partial charge >= 0.3 is 0 Å². The minimum Gasteiger partial charge on any atom is -0.0755 e. The lowest BCUT2D eigenvalue weighted by Crippen LogP contribution is -2.37. The van der Waals surface area contributed by atoms with Gasteiger partial charge in [-0.3, -0.25) is 0 Å². The highest BCUT2D eigenvalue weighted by Gasteiger charge is 2.44. The fraction of sp³-hybridized carbons (Fsp3) is 0.154. The number of allylic oxidation sites excluding steroid dienone is 4. The summed E-state index contributed by atoms with van der Waals surface area (Å²) in [5.41, 5.74) is 6.59. The van der Waals surface area contributed by atoms with E-state index in [2.05, 4.69) is 117 Å². The van der Waals surface area contributed by atoms with E-state index in [4.69, 9.17) is 0 Å². The second-order valence-corrected chi connectivity index (χ2v) is 7.11. The normalized spacial score (nSPS) is 16.9. The van der Waals surface area contributed by atoms with Gasteiger partial charge in [0.2, 0.25) is 0 Å². The Kier molecular flexibility index (Phi) is 4.34. The molecule has 1 unspecified atom stereocenters. The maximum Gasteiger partial charge on any atom is 0.0551 e. The molecule has 0 nitrogen and oxygen atoms in total. The fourth-order valence-electron chi connectivity index (χ4n) is 4.37. The van der Waals surface area contributed by atoms with Crippen molar-refractivity contribution in [3.63, 3.8) is 0 Å². The molecule has 0 aromatic heterocycles. The Morgan fingerprint density at radius 2 is 0.962 bits per heavy atom. The molecule has 0 N–H and O–H groups in total. The first-order valence-electron chi connectivity index (χ1n) is 9.26. The molecule has 0 radical (unpaired) electrons. The van der Waals surface area contributed by atoms with Crippen molar-refractivity contribution in [3.05, 3.63) is 131 Å². The molecule has 1 aliphatic carbocycles. The van der Waals surface area contributed by atoms with E-state index >= 15 is 0 Å². The van der Waals surface area contributed by atoms with Crippen molar-refractivity contribution in [3.8, 4) is 0 Å². The van der Waals surface area contributed by atoms with Gasteiger partial charge in [-0.05, 0) is 30.5 Å². The van der Waals surface area contributed by atoms with E-state index in [-0.39, 0.29) is 5.41 Å². The summed E-state index contributed by atoms with van der Waals surface area (Å²) in [4.78, 5) is 0. The Labute approximate surface area is 156 Å². The van der Waals surface area contributed by atoms with Crippen molar-refractivity contribution in [2.45, 2.75) is 19.3 Å². The van der Waals surface area contributed by atoms with E-state index in [0.29, 0.717) is 5.92 Å². The average Bonchev–Trinajstić information content (AvgIpc) is 3.04. The molecule has 0 fully saturated rings. The van der Waals surface area contributed by atoms with Crippen LogP contribution in [-0.2, 0) is 5.41 Å². The van der Waals surface area contributed by atoms with Gasteiger partial charge in [0.05, 0.1) is 5.41 Å². The highest BCUT2D eigenvalue weighted by molar-refractivity contribution is 5.56. The Morgan fingerprint density at radius 1 is 0.577 bits per heavy atom. The van der Waals surface area contributed by atoms with Gasteiger partial charge in [-0.15, -0.1) is 0 Å². The topological polar surface area (TPSA) is 0 Å². The van der Waals surface area contributed by atoms with Crippen molar-refractivity contribution in [2.24, 2.45) is 5.92 Å². The van der Waals surface area contributed by atoms with Crippen LogP contribution in [0.5, 0.6) is 0 Å². The summed E-state index contributed by atoms with van der Waals surface area (Å²) in [6.07, 6.45) is 4.67. The highest BCUT2D eigenvalue weighted by atomic mass is 14.5. The fourth-order valence-corrected chi connectivity index (χ4v) is 4.37. The first-order chi connectivity index (χ1) is 12.7. The zero-order valence-electron chi connectivity index (χ0n) is 15.4. The van der Waals surface area contributed by atoms with Gasteiger partial charge < -0.3 is 0 Å². The van der Waals surface area contributed by atoms with Crippen LogP contribution < -0.4 is 0 Å². The number of benzene rings is 3. The van der Waals surface area contributed by atoms with Crippen LogP contribution in [0.15, 0.2) is 114 Å². The highest BCUT2D eigenvalue weighted by Crippen LogP contribution is 2.50. The molecule has 0 saturated heterocycles. The molecule has 3 aromatic carbocycles. The molecule has 26 heavy (non-hydrogen) atoms. The third-order valence-corrected chi connectivity index (χ3v) is 5.78. The van der Waals surface area contributed by atoms with E-state index in [1.54, 1.807) is 0 Å². The van der Waals surface area contributed by atoms with Crippen molar-refractivity contribution in [1.29, 1.82) is 0 Å². The molecule has 128 valence electrons. The Balaban J connectivity index is 2.10. The van der Waals surface area contributed by atoms with Gasteiger partial charge in [-0.25, -0.2) is 0 Å². The summed E-state index contributed by atoms with van der Waals surface area (Å²) in [5.74, 6) is 0.301. The van der Waals surface area contributed by atoms with Crippen LogP contribution in [0.2, 0.25) is 0 Å². The van der Waals surface area contributed by atoms with Crippen LogP contribution in [0.1, 0.15) is 30.5 Å². The molecule has 1 aliphatic rings. The summed E-state index contributed by atoms with van der Waals surface area (Å²) in [6.45, 7) is 4.50. The van der Waals surface area contributed by atoms with Crippen LogP contribution in [0, 0.1) is 5.92 Å². The molecular formula is C26H24. The summed E-state index contributed by atoms with van der Waals surface area (Å²) in [7, 11) is 0. The van der Waals surface area contributed by atoms with Gasteiger partial charge in [0, 0.05) is 5.92 Å². The second-order valence-electron chi connectivity index (χ2n) is 7.11. The first kappa shape index (κ1) is 16.6. The van der Waals surface area contributed by atoms with Crippen LogP contribution in [0.3, 0.4) is 0 Å². The van der Waals surface area contributed by atoms with E-state index < -0.39 is 0 Å². The SMILES string of the molecule is CC1=C(C)C(C(c2ccccc2)(c2ccccc2)c2ccccc2)C=C1. The zero-order chi connectivity index (χ0) is 18.0. The van der Waals surface area contributed by atoms with E-state index in [1.165, 1.54) is 27.8 Å². The molecular weight excluding hydrogens is 312 g/mol. The summed E-state index contributed by atoms with van der Waals surface area (Å²) in [6, 6.07) is 32.9. The van der Waals surface area contributed by atoms with Crippen LogP contribution in [0.4, 0.5) is 0 Å². The lowest BCUT2D eigenvalue weighted by molar-refractivity contribution is 0.506. The molecule has 0 bridgehead atoms. The standard InChI is InChI=1S/C26H24/c1-20-18-19-25(21(20)2)26(22-12-6-3-7-13-22,23-14-8-4-9-15-23)24-16-10-5-11-17-24/h3-19,25H,1-2H3. The summed E-state index contributed by atoms with van der Waals surface area (Å²) in [5, 5.41) is 0. The lowest BCUT2D eigenvalue weighted by Gasteiger charge is -2.41. The Hall–Kier alpha value is -2.86. The summed E-state index contributed by atoms with van der Waals surface area (Å²) >= 11 is 0. The maximum atomic E-state index is 2.39. The minimum absolute atomic E-state index is 0.234. The molecule has 1 atom stereocenters.